The Balaban J connectivity index is 1.47. The second-order valence-corrected chi connectivity index (χ2v) is 7.44. The molecule has 0 saturated heterocycles. The van der Waals surface area contributed by atoms with Crippen molar-refractivity contribution in [1.82, 2.24) is 15.0 Å². The van der Waals surface area contributed by atoms with Crippen LogP contribution in [-0.2, 0) is 6.61 Å². The van der Waals surface area contributed by atoms with Crippen molar-refractivity contribution in [2.75, 3.05) is 17.7 Å². The third-order valence-corrected chi connectivity index (χ3v) is 4.97. The lowest BCUT2D eigenvalue weighted by molar-refractivity contribution is -0.387. The fraction of sp³-hybridized carbons (Fsp3) is 0.0870. The number of methoxy groups -OCH3 is 1. The molecular formula is C23H18ClFN6O4. The molecule has 2 heterocycles. The van der Waals surface area contributed by atoms with E-state index in [0.29, 0.717) is 22.3 Å². The summed E-state index contributed by atoms with van der Waals surface area (Å²) in [4.78, 5) is 22.9. The number of nitrogens with zero attached hydrogens (tertiary/aromatic N) is 4. The number of nitrogens with one attached hydrogen (secondary N) is 2. The summed E-state index contributed by atoms with van der Waals surface area (Å²) in [5.74, 6) is 0.0611. The van der Waals surface area contributed by atoms with Crippen LogP contribution < -0.4 is 20.1 Å². The largest absolute Gasteiger partial charge is 0.494 e. The van der Waals surface area contributed by atoms with Gasteiger partial charge in [-0.15, -0.1) is 0 Å². The average molecular weight is 497 g/mol. The van der Waals surface area contributed by atoms with Gasteiger partial charge in [-0.25, -0.2) is 4.98 Å². The molecule has 0 fully saturated rings. The third kappa shape index (κ3) is 5.89. The fourth-order valence-corrected chi connectivity index (χ4v) is 3.27. The molecule has 4 rings (SSSR count). The van der Waals surface area contributed by atoms with Gasteiger partial charge in [-0.3, -0.25) is 15.1 Å². The molecule has 0 aliphatic rings. The van der Waals surface area contributed by atoms with Crippen LogP contribution in [0.5, 0.6) is 11.5 Å². The minimum Gasteiger partial charge on any atom is -0.494 e. The molecule has 0 unspecified atom stereocenters. The first-order valence-electron chi connectivity index (χ1n) is 10.1. The van der Waals surface area contributed by atoms with E-state index in [4.69, 9.17) is 21.1 Å². The SMILES string of the molecule is COc1cc(F)c([N+](=O)[O-])cc1Nc1nccc(Nc2ccc(OCc3ccccn3)c(Cl)c2)n1. The van der Waals surface area contributed by atoms with E-state index >= 15 is 0 Å². The van der Waals surface area contributed by atoms with Crippen LogP contribution >= 0.6 is 11.6 Å². The lowest BCUT2D eigenvalue weighted by Gasteiger charge is -2.12. The lowest BCUT2D eigenvalue weighted by atomic mass is 10.2. The highest BCUT2D eigenvalue weighted by Crippen LogP contribution is 2.34. The first kappa shape index (κ1) is 23.6. The first-order chi connectivity index (χ1) is 16.9. The summed E-state index contributed by atoms with van der Waals surface area (Å²) < 4.78 is 24.7. The van der Waals surface area contributed by atoms with Gasteiger partial charge in [-0.2, -0.15) is 9.37 Å². The molecule has 10 nitrogen and oxygen atoms in total. The molecule has 0 atom stereocenters. The molecule has 2 aromatic heterocycles. The maximum Gasteiger partial charge on any atom is 0.307 e. The second-order valence-electron chi connectivity index (χ2n) is 7.03. The second kappa shape index (κ2) is 10.6. The molecule has 0 amide bonds. The summed E-state index contributed by atoms with van der Waals surface area (Å²) in [5, 5.41) is 17.4. The quantitative estimate of drug-likeness (QED) is 0.223. The van der Waals surface area contributed by atoms with E-state index in [0.717, 1.165) is 17.8 Å². The van der Waals surface area contributed by atoms with E-state index < -0.39 is 16.4 Å². The standard InChI is InChI=1S/C23H18ClFN6O4/c1-34-21-11-17(25)19(31(32)33)12-18(21)29-23-27-9-7-22(30-23)28-14-5-6-20(16(24)10-14)35-13-15-4-2-3-8-26-15/h2-12H,13H2,1H3,(H2,27,28,29,30). The Kier molecular flexibility index (Phi) is 7.17. The van der Waals surface area contributed by atoms with Gasteiger partial charge in [0.15, 0.2) is 0 Å². The summed E-state index contributed by atoms with van der Waals surface area (Å²) in [6, 6.07) is 14.3. The summed E-state index contributed by atoms with van der Waals surface area (Å²) in [7, 11) is 1.32. The van der Waals surface area contributed by atoms with Crippen LogP contribution in [0, 0.1) is 15.9 Å². The Bertz CT molecular complexity index is 1360. The highest BCUT2D eigenvalue weighted by Gasteiger charge is 2.19. The fourth-order valence-electron chi connectivity index (χ4n) is 3.04. The summed E-state index contributed by atoms with van der Waals surface area (Å²) in [6.07, 6.45) is 3.17. The minimum absolute atomic E-state index is 0.0585. The molecule has 4 aromatic rings. The number of pyridine rings is 1. The van der Waals surface area contributed by atoms with Gasteiger partial charge >= 0.3 is 5.69 Å². The Morgan fingerprint density at radius 1 is 1.06 bits per heavy atom. The number of hydrogen-bond donors (Lipinski definition) is 2. The van der Waals surface area contributed by atoms with Crippen molar-refractivity contribution < 1.29 is 18.8 Å². The summed E-state index contributed by atoms with van der Waals surface area (Å²) in [5.41, 5.74) is 0.840. The van der Waals surface area contributed by atoms with Gasteiger partial charge in [0, 0.05) is 30.2 Å². The van der Waals surface area contributed by atoms with Crippen molar-refractivity contribution in [1.29, 1.82) is 0 Å². The molecule has 35 heavy (non-hydrogen) atoms. The van der Waals surface area contributed by atoms with E-state index in [9.17, 15) is 14.5 Å². The summed E-state index contributed by atoms with van der Waals surface area (Å²) in [6.45, 7) is 0.277. The van der Waals surface area contributed by atoms with Gasteiger partial charge in [0.05, 0.1) is 28.4 Å². The molecular weight excluding hydrogens is 479 g/mol. The number of ether oxygens (including phenoxy) is 2. The number of hydrogen-bond acceptors (Lipinski definition) is 9. The lowest BCUT2D eigenvalue weighted by Crippen LogP contribution is -2.03. The number of nitro groups is 1. The van der Waals surface area contributed by atoms with E-state index in [1.807, 2.05) is 18.2 Å². The molecule has 0 spiro atoms. The molecule has 12 heteroatoms. The Hall–Kier alpha value is -4.51. The average Bonchev–Trinajstić information content (AvgIpc) is 2.85. The molecule has 0 aliphatic heterocycles. The van der Waals surface area contributed by atoms with E-state index in [1.165, 1.54) is 13.3 Å². The minimum atomic E-state index is -1.02. The number of nitro benzene ring substituents is 1. The smallest absolute Gasteiger partial charge is 0.307 e. The zero-order valence-corrected chi connectivity index (χ0v) is 19.0. The van der Waals surface area contributed by atoms with Crippen molar-refractivity contribution in [2.24, 2.45) is 0 Å². The van der Waals surface area contributed by atoms with Gasteiger partial charge in [-0.1, -0.05) is 17.7 Å². The van der Waals surface area contributed by atoms with E-state index in [1.54, 1.807) is 30.5 Å². The molecule has 2 N–H and O–H groups in total. The number of benzene rings is 2. The monoisotopic (exact) mass is 496 g/mol. The highest BCUT2D eigenvalue weighted by atomic mass is 35.5. The predicted molar refractivity (Wildman–Crippen MR) is 128 cm³/mol. The van der Waals surface area contributed by atoms with Crippen molar-refractivity contribution >= 4 is 40.4 Å². The normalized spacial score (nSPS) is 10.5. The van der Waals surface area contributed by atoms with Crippen LogP contribution in [0.2, 0.25) is 5.02 Å². The molecule has 0 radical (unpaired) electrons. The molecule has 2 aromatic carbocycles. The summed E-state index contributed by atoms with van der Waals surface area (Å²) >= 11 is 6.36. The zero-order valence-electron chi connectivity index (χ0n) is 18.2. The third-order valence-electron chi connectivity index (χ3n) is 4.67. The first-order valence-corrected chi connectivity index (χ1v) is 10.5. The van der Waals surface area contributed by atoms with Gasteiger partial charge < -0.3 is 20.1 Å². The van der Waals surface area contributed by atoms with Crippen LogP contribution in [0.1, 0.15) is 5.69 Å². The van der Waals surface area contributed by atoms with Crippen LogP contribution in [0.4, 0.5) is 33.2 Å². The van der Waals surface area contributed by atoms with Crippen LogP contribution in [-0.4, -0.2) is 27.0 Å². The number of rotatable bonds is 9. The Morgan fingerprint density at radius 2 is 1.91 bits per heavy atom. The Morgan fingerprint density at radius 3 is 2.63 bits per heavy atom. The maximum absolute atomic E-state index is 13.9. The number of halogens is 2. The zero-order chi connectivity index (χ0) is 24.8. The van der Waals surface area contributed by atoms with Gasteiger partial charge in [-0.05, 0) is 36.4 Å². The van der Waals surface area contributed by atoms with Crippen LogP contribution in [0.25, 0.3) is 0 Å². The van der Waals surface area contributed by atoms with Crippen LogP contribution in [0.3, 0.4) is 0 Å². The molecule has 0 saturated carbocycles. The number of aromatic nitrogens is 3. The molecule has 0 bridgehead atoms. The predicted octanol–water partition coefficient (Wildman–Crippen LogP) is 5.65. The topological polar surface area (TPSA) is 124 Å². The van der Waals surface area contributed by atoms with E-state index in [2.05, 4.69) is 25.6 Å². The van der Waals surface area contributed by atoms with Crippen LogP contribution in [0.15, 0.2) is 67.0 Å². The van der Waals surface area contributed by atoms with E-state index in [-0.39, 0.29) is 24.0 Å². The van der Waals surface area contributed by atoms with Crippen molar-refractivity contribution in [2.45, 2.75) is 6.61 Å². The highest BCUT2D eigenvalue weighted by molar-refractivity contribution is 6.32. The van der Waals surface area contributed by atoms with Crippen molar-refractivity contribution in [3.8, 4) is 11.5 Å². The van der Waals surface area contributed by atoms with Gasteiger partial charge in [0.1, 0.15) is 23.9 Å². The van der Waals surface area contributed by atoms with Gasteiger partial charge in [0.25, 0.3) is 0 Å². The van der Waals surface area contributed by atoms with Crippen molar-refractivity contribution in [3.63, 3.8) is 0 Å². The molecule has 0 aliphatic carbocycles. The maximum atomic E-state index is 13.9. The van der Waals surface area contributed by atoms with Crippen molar-refractivity contribution in [3.05, 3.63) is 93.6 Å². The Labute approximate surface area is 203 Å². The van der Waals surface area contributed by atoms with Gasteiger partial charge in [0.2, 0.25) is 11.8 Å². The molecule has 178 valence electrons. The number of anilines is 4.